The lowest BCUT2D eigenvalue weighted by Gasteiger charge is -2.27. The maximum Gasteiger partial charge on any atom is 0.146 e. The first-order valence-corrected chi connectivity index (χ1v) is 16.7. The van der Waals surface area contributed by atoms with Crippen LogP contribution in [0.2, 0.25) is 0 Å². The molecule has 2 aliphatic carbocycles. The summed E-state index contributed by atoms with van der Waals surface area (Å²) in [4.78, 5) is 9.30. The summed E-state index contributed by atoms with van der Waals surface area (Å²) >= 11 is 0. The average Bonchev–Trinajstić information content (AvgIpc) is 3.49. The highest BCUT2D eigenvalue weighted by atomic mass is 19.1. The maximum atomic E-state index is 14.6. The molecule has 0 heterocycles. The van der Waals surface area contributed by atoms with E-state index in [0.29, 0.717) is 29.3 Å². The van der Waals surface area contributed by atoms with E-state index in [-0.39, 0.29) is 17.8 Å². The summed E-state index contributed by atoms with van der Waals surface area (Å²) in [6, 6.07) is 11.5. The van der Waals surface area contributed by atoms with E-state index in [1.807, 2.05) is 72.8 Å². The van der Waals surface area contributed by atoms with Crippen LogP contribution in [0.5, 0.6) is 0 Å². The Hall–Kier alpha value is -5.24. The molecule has 4 N–H and O–H groups in total. The highest BCUT2D eigenvalue weighted by Gasteiger charge is 2.24. The van der Waals surface area contributed by atoms with E-state index in [2.05, 4.69) is 76.6 Å². The SMILES string of the molecule is C=NNC(=C)c1ccc2c(c1)CC[C@@H]2NC(=C)C(/C=C(\C)C(=C)NCc1ccc(F)c(NC2=CC(=C)C2C)c1)=N\C(C)=C\N=C(C)C.CC. The van der Waals surface area contributed by atoms with E-state index >= 15 is 0 Å². The van der Waals surface area contributed by atoms with Crippen LogP contribution in [0.15, 0.2) is 130 Å². The molecule has 8 heteroatoms. The Morgan fingerprint density at radius 2 is 1.76 bits per heavy atom. The van der Waals surface area contributed by atoms with Crippen LogP contribution in [-0.2, 0) is 13.0 Å². The van der Waals surface area contributed by atoms with E-state index in [4.69, 9.17) is 4.99 Å². The highest BCUT2D eigenvalue weighted by molar-refractivity contribution is 6.08. The zero-order valence-corrected chi connectivity index (χ0v) is 30.2. The van der Waals surface area contributed by atoms with Crippen molar-refractivity contribution in [2.45, 2.75) is 73.9 Å². The predicted molar refractivity (Wildman–Crippen MR) is 209 cm³/mol. The van der Waals surface area contributed by atoms with E-state index < -0.39 is 0 Å². The lowest BCUT2D eigenvalue weighted by atomic mass is 9.87. The van der Waals surface area contributed by atoms with Crippen molar-refractivity contribution < 1.29 is 4.39 Å². The van der Waals surface area contributed by atoms with Gasteiger partial charge < -0.3 is 16.0 Å². The van der Waals surface area contributed by atoms with Crippen molar-refractivity contribution in [3.63, 3.8) is 0 Å². The van der Waals surface area contributed by atoms with Crippen LogP contribution in [0.3, 0.4) is 0 Å². The topological polar surface area (TPSA) is 85.2 Å². The maximum absolute atomic E-state index is 14.6. The summed E-state index contributed by atoms with van der Waals surface area (Å²) in [7, 11) is 0. The molecule has 0 bridgehead atoms. The minimum atomic E-state index is -0.301. The van der Waals surface area contributed by atoms with Crippen molar-refractivity contribution in [2.75, 3.05) is 5.32 Å². The minimum Gasteiger partial charge on any atom is -0.381 e. The van der Waals surface area contributed by atoms with Crippen molar-refractivity contribution in [1.29, 1.82) is 0 Å². The fraction of sp³-hybridized carbons (Fsp3) is 0.293. The van der Waals surface area contributed by atoms with Crippen molar-refractivity contribution >= 4 is 29.5 Å². The van der Waals surface area contributed by atoms with Gasteiger partial charge in [-0.05, 0) is 104 Å². The molecule has 0 fully saturated rings. The molecule has 2 aromatic rings. The Morgan fingerprint density at radius 1 is 1.02 bits per heavy atom. The number of aliphatic imine (C=N–C) groups is 2. The Morgan fingerprint density at radius 3 is 2.41 bits per heavy atom. The summed E-state index contributed by atoms with van der Waals surface area (Å²) in [5.74, 6) is -0.107. The number of rotatable bonds is 15. The van der Waals surface area contributed by atoms with Crippen LogP contribution in [0.4, 0.5) is 10.1 Å². The fourth-order valence-electron chi connectivity index (χ4n) is 5.30. The van der Waals surface area contributed by atoms with Crippen LogP contribution in [0.25, 0.3) is 5.70 Å². The van der Waals surface area contributed by atoms with E-state index in [9.17, 15) is 4.39 Å². The summed E-state index contributed by atoms with van der Waals surface area (Å²) in [6.07, 6.45) is 7.52. The number of anilines is 1. The molecule has 2 aliphatic rings. The van der Waals surface area contributed by atoms with Crippen LogP contribution in [-0.4, -0.2) is 18.1 Å². The standard InChI is InChI=1S/C39H46FN7.C2H6/c1-23(2)42-21-26(5)44-38(30(9)45-36-16-13-33-20-32(12-14-34(33)36)29(8)47-41-10)18-25(4)28(7)43-22-31-11-15-35(40)39(19-31)46-37-17-24(3)27(37)6;1-2/h11-12,14-15,17-21,27,36,43,45-47H,3,7-10,13,16,22H2,1-2,4-6H3;1-2H3/b25-18+,26-21+,44-38-;/t27?,36-;/m0./s1. The summed E-state index contributed by atoms with van der Waals surface area (Å²) in [5.41, 5.74) is 15.0. The summed E-state index contributed by atoms with van der Waals surface area (Å²) in [5, 5.41) is 13.9. The molecule has 0 saturated heterocycles. The Kier molecular flexibility index (Phi) is 13.9. The lowest BCUT2D eigenvalue weighted by molar-refractivity contribution is 0.607. The number of allylic oxidation sites excluding steroid dienone is 5. The van der Waals surface area contributed by atoms with Gasteiger partial charge in [0.1, 0.15) is 5.82 Å². The van der Waals surface area contributed by atoms with Crippen molar-refractivity contribution in [2.24, 2.45) is 21.0 Å². The number of aryl methyl sites for hydroxylation is 1. The molecule has 0 aliphatic heterocycles. The Labute approximate surface area is 292 Å². The molecular formula is C41H52FN7. The number of hydrogen-bond donors (Lipinski definition) is 4. The fourth-order valence-corrected chi connectivity index (χ4v) is 5.30. The van der Waals surface area contributed by atoms with Gasteiger partial charge >= 0.3 is 0 Å². The molecule has 1 unspecified atom stereocenters. The normalized spacial score (nSPS) is 16.9. The number of nitrogens with zero attached hydrogens (tertiary/aromatic N) is 3. The smallest absolute Gasteiger partial charge is 0.146 e. The lowest BCUT2D eigenvalue weighted by Crippen LogP contribution is -2.23. The first-order chi connectivity index (χ1) is 23.4. The van der Waals surface area contributed by atoms with E-state index in [1.165, 1.54) is 17.2 Å². The minimum absolute atomic E-state index is 0.0868. The molecule has 4 rings (SSSR count). The van der Waals surface area contributed by atoms with E-state index in [0.717, 1.165) is 57.9 Å². The number of benzene rings is 2. The second-order valence-electron chi connectivity index (χ2n) is 12.2. The van der Waals surface area contributed by atoms with Gasteiger partial charge in [-0.2, -0.15) is 5.10 Å². The number of nitrogens with one attached hydrogen (secondary N) is 4. The third kappa shape index (κ3) is 10.4. The van der Waals surface area contributed by atoms with Gasteiger partial charge in [0.2, 0.25) is 0 Å². The number of hydrogen-bond acceptors (Lipinski definition) is 7. The Balaban J connectivity index is 0.00000319. The molecule has 0 radical (unpaired) electrons. The first kappa shape index (κ1) is 38.2. The van der Waals surface area contributed by atoms with Gasteiger partial charge in [0.05, 0.1) is 34.5 Å². The number of halogens is 1. The molecule has 0 spiro atoms. The Bertz CT molecular complexity index is 1770. The van der Waals surface area contributed by atoms with Crippen LogP contribution >= 0.6 is 0 Å². The van der Waals surface area contributed by atoms with Crippen molar-refractivity contribution in [3.8, 4) is 0 Å². The number of hydrazone groups is 1. The van der Waals surface area contributed by atoms with Gasteiger partial charge in [0.15, 0.2) is 0 Å². The number of fused-ring (bicyclic) bond motifs is 1. The molecule has 0 saturated carbocycles. The van der Waals surface area contributed by atoms with Gasteiger partial charge in [0, 0.05) is 42.5 Å². The second kappa shape index (κ2) is 17.8. The largest absolute Gasteiger partial charge is 0.381 e. The first-order valence-electron chi connectivity index (χ1n) is 16.7. The predicted octanol–water partition coefficient (Wildman–Crippen LogP) is 9.65. The van der Waals surface area contributed by atoms with Gasteiger partial charge in [-0.25, -0.2) is 9.38 Å². The van der Waals surface area contributed by atoms with E-state index in [1.54, 1.807) is 12.3 Å². The quantitative estimate of drug-likeness (QED) is 0.0870. The summed E-state index contributed by atoms with van der Waals surface area (Å²) in [6.45, 7) is 34.4. The monoisotopic (exact) mass is 661 g/mol. The molecule has 258 valence electrons. The van der Waals surface area contributed by atoms with Gasteiger partial charge in [-0.3, -0.25) is 10.4 Å². The molecular weight excluding hydrogens is 609 g/mol. The van der Waals surface area contributed by atoms with Crippen LogP contribution < -0.4 is 21.4 Å². The molecule has 7 nitrogen and oxygen atoms in total. The molecule has 2 atom stereocenters. The average molecular weight is 662 g/mol. The second-order valence-corrected chi connectivity index (χ2v) is 12.2. The molecule has 2 aromatic carbocycles. The third-order valence-corrected chi connectivity index (χ3v) is 8.26. The highest BCUT2D eigenvalue weighted by Crippen LogP contribution is 2.34. The van der Waals surface area contributed by atoms with Crippen LogP contribution in [0, 0.1) is 11.7 Å². The third-order valence-electron chi connectivity index (χ3n) is 8.26. The zero-order chi connectivity index (χ0) is 36.2. The van der Waals surface area contributed by atoms with Crippen LogP contribution in [0.1, 0.15) is 83.2 Å². The van der Waals surface area contributed by atoms with Gasteiger partial charge in [-0.15, -0.1) is 0 Å². The molecule has 0 amide bonds. The van der Waals surface area contributed by atoms with Crippen molar-refractivity contribution in [1.82, 2.24) is 16.1 Å². The van der Waals surface area contributed by atoms with Gasteiger partial charge in [0.25, 0.3) is 0 Å². The summed E-state index contributed by atoms with van der Waals surface area (Å²) < 4.78 is 14.6. The van der Waals surface area contributed by atoms with Gasteiger partial charge in [-0.1, -0.05) is 65.3 Å². The molecule has 49 heavy (non-hydrogen) atoms. The zero-order valence-electron chi connectivity index (χ0n) is 30.2. The molecule has 0 aromatic heterocycles. The van der Waals surface area contributed by atoms with Crippen molar-refractivity contribution in [3.05, 3.63) is 143 Å².